The average Bonchev–Trinajstić information content (AvgIpc) is 2.36. The van der Waals surface area contributed by atoms with Crippen LogP contribution in [-0.4, -0.2) is 52.8 Å². The monoisotopic (exact) mass is 333 g/mol. The van der Waals surface area contributed by atoms with Crippen LogP contribution in [0.2, 0.25) is 0 Å². The van der Waals surface area contributed by atoms with Crippen LogP contribution in [0.3, 0.4) is 0 Å². The maximum atomic E-state index is 11.4. The molecule has 0 amide bonds. The Morgan fingerprint density at radius 2 is 2.00 bits per heavy atom. The van der Waals surface area contributed by atoms with Gasteiger partial charge >= 0.3 is 0 Å². The summed E-state index contributed by atoms with van der Waals surface area (Å²) in [5.41, 5.74) is 1.50. The Labute approximate surface area is 130 Å². The number of halogens is 1. The van der Waals surface area contributed by atoms with E-state index in [2.05, 4.69) is 4.90 Å². The van der Waals surface area contributed by atoms with Gasteiger partial charge in [0.15, 0.2) is 0 Å². The summed E-state index contributed by atoms with van der Waals surface area (Å²) in [6.07, 6.45) is 0.0268. The van der Waals surface area contributed by atoms with E-state index >= 15 is 0 Å². The first kappa shape index (κ1) is 16.5. The smallest absolute Gasteiger partial charge is 0.261 e. The lowest BCUT2D eigenvalue weighted by atomic mass is 10.1. The number of benzene rings is 1. The van der Waals surface area contributed by atoms with E-state index in [1.165, 1.54) is 12.1 Å². The Morgan fingerprint density at radius 1 is 1.38 bits per heavy atom. The molecule has 1 aromatic rings. The zero-order valence-electron chi connectivity index (χ0n) is 12.4. The van der Waals surface area contributed by atoms with Crippen LogP contribution in [0.5, 0.6) is 5.75 Å². The van der Waals surface area contributed by atoms with Gasteiger partial charge in [0.05, 0.1) is 11.5 Å². The first-order chi connectivity index (χ1) is 9.77. The van der Waals surface area contributed by atoms with Gasteiger partial charge in [0, 0.05) is 23.8 Å². The second kappa shape index (κ2) is 6.52. The predicted octanol–water partition coefficient (Wildman–Crippen LogP) is 1.94. The molecule has 21 heavy (non-hydrogen) atoms. The highest BCUT2D eigenvalue weighted by Crippen LogP contribution is 2.28. The summed E-state index contributed by atoms with van der Waals surface area (Å²) in [6.45, 7) is 6.51. The van der Waals surface area contributed by atoms with Gasteiger partial charge in [0.2, 0.25) is 0 Å². The number of morpholine rings is 1. The SMILES string of the molecule is Cc1cc(S(=O)(=O)Cl)cc(C)c1OCC1CN(C)CCO1. The molecule has 1 unspecified atom stereocenters. The Hall–Kier alpha value is -0.820. The minimum Gasteiger partial charge on any atom is -0.490 e. The van der Waals surface area contributed by atoms with Crippen molar-refractivity contribution in [1.29, 1.82) is 0 Å². The molecule has 0 N–H and O–H groups in total. The summed E-state index contributed by atoms with van der Waals surface area (Å²) in [4.78, 5) is 2.29. The third kappa shape index (κ3) is 4.32. The highest BCUT2D eigenvalue weighted by molar-refractivity contribution is 8.13. The topological polar surface area (TPSA) is 55.8 Å². The fourth-order valence-electron chi connectivity index (χ4n) is 2.42. The molecule has 1 heterocycles. The molecular formula is C14H20ClNO4S. The van der Waals surface area contributed by atoms with Crippen molar-refractivity contribution in [2.75, 3.05) is 33.4 Å². The van der Waals surface area contributed by atoms with E-state index < -0.39 is 9.05 Å². The fourth-order valence-corrected chi connectivity index (χ4v) is 3.33. The van der Waals surface area contributed by atoms with Crippen molar-refractivity contribution < 1.29 is 17.9 Å². The predicted molar refractivity (Wildman–Crippen MR) is 81.7 cm³/mol. The largest absolute Gasteiger partial charge is 0.490 e. The van der Waals surface area contributed by atoms with Crippen LogP contribution in [0, 0.1) is 13.8 Å². The highest BCUT2D eigenvalue weighted by Gasteiger charge is 2.20. The standard InChI is InChI=1S/C14H20ClNO4S/c1-10-6-13(21(15,17)18)7-11(2)14(10)20-9-12-8-16(3)4-5-19-12/h6-7,12H,4-5,8-9H2,1-3H3. The summed E-state index contributed by atoms with van der Waals surface area (Å²) in [5.74, 6) is 0.691. The molecule has 0 radical (unpaired) electrons. The van der Waals surface area contributed by atoms with E-state index in [-0.39, 0.29) is 11.0 Å². The lowest BCUT2D eigenvalue weighted by molar-refractivity contribution is -0.0405. The van der Waals surface area contributed by atoms with E-state index in [4.69, 9.17) is 20.2 Å². The van der Waals surface area contributed by atoms with Gasteiger partial charge in [-0.25, -0.2) is 8.42 Å². The molecule has 0 aromatic heterocycles. The first-order valence-corrected chi connectivity index (χ1v) is 9.07. The van der Waals surface area contributed by atoms with E-state index in [0.717, 1.165) is 24.2 Å². The second-order valence-corrected chi connectivity index (χ2v) is 7.96. The van der Waals surface area contributed by atoms with E-state index in [9.17, 15) is 8.42 Å². The van der Waals surface area contributed by atoms with Crippen molar-refractivity contribution >= 4 is 19.7 Å². The Balaban J connectivity index is 2.10. The quantitative estimate of drug-likeness (QED) is 0.788. The molecule has 0 aliphatic carbocycles. The summed E-state index contributed by atoms with van der Waals surface area (Å²) in [6, 6.07) is 3.05. The third-order valence-corrected chi connectivity index (χ3v) is 4.80. The summed E-state index contributed by atoms with van der Waals surface area (Å²) in [7, 11) is 3.70. The van der Waals surface area contributed by atoms with Gasteiger partial charge in [-0.05, 0) is 44.2 Å². The van der Waals surface area contributed by atoms with Gasteiger partial charge in [-0.2, -0.15) is 0 Å². The molecule has 1 aliphatic heterocycles. The van der Waals surface area contributed by atoms with Crippen LogP contribution in [0.15, 0.2) is 17.0 Å². The zero-order valence-corrected chi connectivity index (χ0v) is 14.0. The number of rotatable bonds is 4. The number of ether oxygens (including phenoxy) is 2. The van der Waals surface area contributed by atoms with Crippen LogP contribution < -0.4 is 4.74 Å². The molecule has 118 valence electrons. The second-order valence-electron chi connectivity index (χ2n) is 5.39. The number of hydrogen-bond acceptors (Lipinski definition) is 5. The minimum absolute atomic E-state index is 0.0268. The fraction of sp³-hybridized carbons (Fsp3) is 0.571. The number of aryl methyl sites for hydroxylation is 2. The molecule has 5 nitrogen and oxygen atoms in total. The van der Waals surface area contributed by atoms with E-state index in [1.807, 2.05) is 20.9 Å². The highest BCUT2D eigenvalue weighted by atomic mass is 35.7. The molecule has 1 aromatic carbocycles. The molecule has 0 spiro atoms. The average molecular weight is 334 g/mol. The van der Waals surface area contributed by atoms with Crippen LogP contribution in [0.1, 0.15) is 11.1 Å². The molecule has 0 bridgehead atoms. The summed E-state index contributed by atoms with van der Waals surface area (Å²) >= 11 is 0. The van der Waals surface area contributed by atoms with E-state index in [1.54, 1.807) is 0 Å². The molecule has 1 aliphatic rings. The first-order valence-electron chi connectivity index (χ1n) is 6.76. The Bertz CT molecular complexity index is 594. The minimum atomic E-state index is -3.72. The lowest BCUT2D eigenvalue weighted by Crippen LogP contribution is -2.42. The van der Waals surface area contributed by atoms with Gasteiger partial charge in [-0.15, -0.1) is 0 Å². The molecule has 2 rings (SSSR count). The Morgan fingerprint density at radius 3 is 2.52 bits per heavy atom. The Kier molecular flexibility index (Phi) is 5.14. The van der Waals surface area contributed by atoms with Crippen molar-refractivity contribution in [3.05, 3.63) is 23.3 Å². The number of nitrogens with zero attached hydrogens (tertiary/aromatic N) is 1. The van der Waals surface area contributed by atoms with Crippen LogP contribution in [0.25, 0.3) is 0 Å². The van der Waals surface area contributed by atoms with Crippen molar-refractivity contribution in [1.82, 2.24) is 4.90 Å². The number of hydrogen-bond donors (Lipinski definition) is 0. The molecule has 1 atom stereocenters. The molecule has 0 saturated carbocycles. The summed E-state index contributed by atoms with van der Waals surface area (Å²) in [5, 5.41) is 0. The van der Waals surface area contributed by atoms with E-state index in [0.29, 0.717) is 19.0 Å². The van der Waals surface area contributed by atoms with Crippen molar-refractivity contribution in [3.63, 3.8) is 0 Å². The van der Waals surface area contributed by atoms with Crippen molar-refractivity contribution in [3.8, 4) is 5.75 Å². The third-order valence-electron chi connectivity index (χ3n) is 3.47. The van der Waals surface area contributed by atoms with Gasteiger partial charge in [-0.3, -0.25) is 0 Å². The zero-order chi connectivity index (χ0) is 15.6. The molecular weight excluding hydrogens is 314 g/mol. The van der Waals surface area contributed by atoms with Crippen LogP contribution in [-0.2, 0) is 13.8 Å². The van der Waals surface area contributed by atoms with Gasteiger partial charge < -0.3 is 14.4 Å². The van der Waals surface area contributed by atoms with Crippen LogP contribution >= 0.6 is 10.7 Å². The normalized spacial score (nSPS) is 20.5. The van der Waals surface area contributed by atoms with Crippen molar-refractivity contribution in [2.45, 2.75) is 24.8 Å². The molecule has 7 heteroatoms. The maximum absolute atomic E-state index is 11.4. The van der Waals surface area contributed by atoms with Gasteiger partial charge in [0.25, 0.3) is 9.05 Å². The van der Waals surface area contributed by atoms with Crippen LogP contribution in [0.4, 0.5) is 0 Å². The van der Waals surface area contributed by atoms with Gasteiger partial charge in [-0.1, -0.05) is 0 Å². The lowest BCUT2D eigenvalue weighted by Gasteiger charge is -2.30. The van der Waals surface area contributed by atoms with Gasteiger partial charge in [0.1, 0.15) is 18.5 Å². The number of likely N-dealkylation sites (N-methyl/N-ethyl adjacent to an activating group) is 1. The molecule has 1 fully saturated rings. The maximum Gasteiger partial charge on any atom is 0.261 e. The van der Waals surface area contributed by atoms with Crippen molar-refractivity contribution in [2.24, 2.45) is 0 Å². The summed E-state index contributed by atoms with van der Waals surface area (Å²) < 4.78 is 34.3. The molecule has 1 saturated heterocycles.